The van der Waals surface area contributed by atoms with Gasteiger partial charge in [0.2, 0.25) is 0 Å². The average molecular weight is 1840 g/mol. The lowest BCUT2D eigenvalue weighted by Gasteiger charge is -2.07. The van der Waals surface area contributed by atoms with Crippen LogP contribution >= 0.6 is 34.7 Å². The van der Waals surface area contributed by atoms with Crippen molar-refractivity contribution in [2.75, 3.05) is 63.8 Å². The molecule has 11 rings (SSSR count). The minimum Gasteiger partial charge on any atom is -0.497 e. The first-order valence-electron chi connectivity index (χ1n) is 36.8. The van der Waals surface area contributed by atoms with E-state index in [4.69, 9.17) is 60.9 Å². The molecule has 0 bridgehead atoms. The Labute approximate surface area is 754 Å². The van der Waals surface area contributed by atoms with E-state index in [0.29, 0.717) is 22.6 Å². The Hall–Kier alpha value is -10.5. The lowest BCUT2D eigenvalue weighted by Crippen LogP contribution is -1.90. The Kier molecular flexibility index (Phi) is 76.2. The van der Waals surface area contributed by atoms with Crippen molar-refractivity contribution < 1.29 is 80.1 Å². The molecular weight excluding hydrogens is 1680 g/mol. The van der Waals surface area contributed by atoms with Crippen LogP contribution in [0.1, 0.15) is 207 Å². The summed E-state index contributed by atoms with van der Waals surface area (Å²) in [5, 5.41) is 32.6. The number of aliphatic carboxylic acids is 1. The molecule has 11 aromatic rings. The second-order valence-corrected chi connectivity index (χ2v) is 27.3. The van der Waals surface area contributed by atoms with E-state index in [0.717, 1.165) is 186 Å². The maximum absolute atomic E-state index is 10.9. The number of hydrogen-bond acceptors (Lipinski definition) is 26. The van der Waals surface area contributed by atoms with Crippen molar-refractivity contribution in [2.24, 2.45) is 5.73 Å². The van der Waals surface area contributed by atoms with Crippen LogP contribution in [-0.2, 0) is 40.1 Å². The van der Waals surface area contributed by atoms with Crippen molar-refractivity contribution in [3.63, 3.8) is 0 Å². The first-order valence-corrected chi connectivity index (χ1v) is 38.8. The highest BCUT2D eigenvalue weighted by Gasteiger charge is 2.18. The number of nitrogens with two attached hydrogens (primary N) is 1. The van der Waals surface area contributed by atoms with Crippen LogP contribution in [0.15, 0.2) is 136 Å². The molecule has 2 atom stereocenters. The van der Waals surface area contributed by atoms with Crippen LogP contribution in [0.3, 0.4) is 0 Å². The molecule has 5 aromatic heterocycles. The second kappa shape index (κ2) is 71.8. The number of carboxylic acids is 1. The highest BCUT2D eigenvalue weighted by molar-refractivity contribution is 9.10. The van der Waals surface area contributed by atoms with Crippen LogP contribution in [-0.4, -0.2) is 125 Å². The van der Waals surface area contributed by atoms with Gasteiger partial charge in [-0.15, -0.1) is 0 Å². The number of halogens is 1. The molecule has 0 radical (unpaired) electrons. The number of carbonyl (C=O) groups is 5. The third kappa shape index (κ3) is 46.8. The summed E-state index contributed by atoms with van der Waals surface area (Å²) in [6, 6.07) is 35.5. The van der Waals surface area contributed by atoms with E-state index >= 15 is 0 Å². The third-order valence-electron chi connectivity index (χ3n) is 15.6. The molecule has 5 heterocycles. The van der Waals surface area contributed by atoms with E-state index in [9.17, 15) is 19.2 Å². The SMILES string of the molecule is C.C.C.C.C.C.CC(=O)O.CC(C)=O.CC(C)=O.CCc1cc(OC)cc(-c2c(C)noc2C)c1.CCc1cc(OC)cc(-c2c(C)noc2C)c1.CCc1cc(OC)cc(-c2c(C)noc2C)c1.CCc1cc(OC)cc(-c2c(C)noc2C)c1.CN.CNP.CNP.COc1cc(Br)cc(C=O)c1.COc1cc(C=O)cc(-c2c(C)noc2C)c1.N.N. The summed E-state index contributed by atoms with van der Waals surface area (Å²) in [7, 11) is 19.7. The molecular formula is C94H151BrN10O17P2. The van der Waals surface area contributed by atoms with Gasteiger partial charge in [-0.25, -0.2) is 0 Å². The Morgan fingerprint density at radius 3 is 0.677 bits per heavy atom. The first kappa shape index (κ1) is 132. The smallest absolute Gasteiger partial charge is 0.300 e. The number of methoxy groups -OCH3 is 6. The van der Waals surface area contributed by atoms with Crippen molar-refractivity contribution in [1.82, 2.24) is 48.3 Å². The number of rotatable bonds is 17. The van der Waals surface area contributed by atoms with Crippen molar-refractivity contribution in [3.05, 3.63) is 204 Å². The number of benzene rings is 6. The molecule has 6 aromatic carbocycles. The molecule has 0 aliphatic carbocycles. The van der Waals surface area contributed by atoms with E-state index in [1.165, 1.54) is 57.0 Å². The van der Waals surface area contributed by atoms with Gasteiger partial charge in [-0.2, -0.15) is 0 Å². The predicted octanol–water partition coefficient (Wildman–Crippen LogP) is 24.2. The molecule has 0 saturated heterocycles. The van der Waals surface area contributed by atoms with Gasteiger partial charge in [0.05, 0.1) is 71.1 Å². The monoisotopic (exact) mass is 1830 g/mol. The fourth-order valence-electron chi connectivity index (χ4n) is 10.7. The van der Waals surface area contributed by atoms with Crippen molar-refractivity contribution in [1.29, 1.82) is 0 Å². The van der Waals surface area contributed by atoms with Crippen molar-refractivity contribution in [3.8, 4) is 90.1 Å². The van der Waals surface area contributed by atoms with Gasteiger partial charge < -0.3 is 93.9 Å². The molecule has 0 amide bonds. The summed E-state index contributed by atoms with van der Waals surface area (Å²) in [4.78, 5) is 49.1. The molecule has 696 valence electrons. The summed E-state index contributed by atoms with van der Waals surface area (Å²) in [6.45, 7) is 35.0. The van der Waals surface area contributed by atoms with E-state index in [2.05, 4.69) is 153 Å². The molecule has 11 N–H and O–H groups in total. The number of hydrogen-bond donors (Lipinski definition) is 6. The third-order valence-corrected chi connectivity index (χ3v) is 16.1. The van der Waals surface area contributed by atoms with Crippen LogP contribution < -0.4 is 56.6 Å². The normalized spacial score (nSPS) is 9.00. The van der Waals surface area contributed by atoms with Gasteiger partial charge in [-0.1, -0.05) is 157 Å². The minimum absolute atomic E-state index is 0. The summed E-state index contributed by atoms with van der Waals surface area (Å²) >= 11 is 3.26. The number of nitrogens with one attached hydrogen (secondary N) is 2. The second-order valence-electron chi connectivity index (χ2n) is 25.3. The number of ether oxygens (including phenoxy) is 6. The number of aromatic nitrogens is 5. The number of nitrogens with zero attached hydrogens (tertiary/aromatic N) is 5. The quantitative estimate of drug-likeness (QED) is 0.0364. The van der Waals surface area contributed by atoms with Crippen molar-refractivity contribution >= 4 is 64.8 Å². The Bertz CT molecular complexity index is 4160. The zero-order valence-corrected chi connectivity index (χ0v) is 78.0. The summed E-state index contributed by atoms with van der Waals surface area (Å²) < 4.78 is 58.2. The van der Waals surface area contributed by atoms with Gasteiger partial charge in [0.1, 0.15) is 87.4 Å². The molecule has 0 saturated carbocycles. The van der Waals surface area contributed by atoms with Crippen molar-refractivity contribution in [2.45, 2.75) is 202 Å². The highest BCUT2D eigenvalue weighted by Crippen LogP contribution is 2.36. The van der Waals surface area contributed by atoms with E-state index in [1.807, 2.05) is 114 Å². The Balaban J connectivity index is -0.000000173. The summed E-state index contributed by atoms with van der Waals surface area (Å²) in [6.07, 6.45) is 5.50. The van der Waals surface area contributed by atoms with Gasteiger partial charge in [-0.05, 0) is 279 Å². The van der Waals surface area contributed by atoms with Gasteiger partial charge in [0.15, 0.2) is 0 Å². The van der Waals surface area contributed by atoms with Crippen LogP contribution in [0.2, 0.25) is 0 Å². The fraction of sp³-hybridized carbons (Fsp3) is 0.404. The lowest BCUT2D eigenvalue weighted by molar-refractivity contribution is -0.134. The lowest BCUT2D eigenvalue weighted by atomic mass is 10.0. The molecule has 0 aliphatic rings. The van der Waals surface area contributed by atoms with Crippen LogP contribution in [0, 0.1) is 69.2 Å². The fourth-order valence-corrected chi connectivity index (χ4v) is 11.2. The van der Waals surface area contributed by atoms with Crippen LogP contribution in [0.4, 0.5) is 0 Å². The Morgan fingerprint density at radius 1 is 0.363 bits per heavy atom. The van der Waals surface area contributed by atoms with Gasteiger partial charge in [0, 0.05) is 50.3 Å². The molecule has 30 heteroatoms. The average Bonchev–Trinajstić information content (AvgIpc) is 1.67. The number of carboxylic acid groups (broad SMARTS) is 1. The number of carbonyl (C=O) groups excluding carboxylic acids is 4. The highest BCUT2D eigenvalue weighted by atomic mass is 79.9. The maximum atomic E-state index is 10.9. The molecule has 0 fully saturated rings. The molecule has 2 unspecified atom stereocenters. The number of Topliss-reactive ketones (excluding diaryl/α,β-unsaturated/α-hetero) is 2. The number of aldehydes is 2. The van der Waals surface area contributed by atoms with Gasteiger partial charge in [-0.3, -0.25) is 14.4 Å². The maximum Gasteiger partial charge on any atom is 0.300 e. The largest absolute Gasteiger partial charge is 0.497 e. The molecule has 124 heavy (non-hydrogen) atoms. The minimum atomic E-state index is -0.833. The number of aryl methyl sites for hydroxylation is 14. The van der Waals surface area contributed by atoms with Crippen LogP contribution in [0.25, 0.3) is 55.6 Å². The predicted molar refractivity (Wildman–Crippen MR) is 523 cm³/mol. The molecule has 0 aliphatic heterocycles. The van der Waals surface area contributed by atoms with E-state index < -0.39 is 5.97 Å². The molecule has 27 nitrogen and oxygen atoms in total. The zero-order chi connectivity index (χ0) is 88.5. The number of ketones is 2. The topological polar surface area (TPSA) is 411 Å². The first-order chi connectivity index (χ1) is 55.0. The Morgan fingerprint density at radius 2 is 0.524 bits per heavy atom. The summed E-state index contributed by atoms with van der Waals surface area (Å²) in [5.41, 5.74) is 25.6. The summed E-state index contributed by atoms with van der Waals surface area (Å²) in [5.74, 6) is 8.43. The van der Waals surface area contributed by atoms with Crippen LogP contribution in [0.5, 0.6) is 34.5 Å². The molecule has 0 spiro atoms. The van der Waals surface area contributed by atoms with Gasteiger partial charge >= 0.3 is 0 Å². The standard InChI is InChI=1S/4C14H17NO2.C13H13NO3.C8H7BrO2.2C3H6O.C2H4O2.2CH6NP.CH5N.6CH4.2H3N/c4*1-5-11-6-12(8-13(7-11)16-4)14-9(2)15-17-10(14)3;1-8-13(9(2)17-14-8)11-4-10(7-15)5-12(6-11)16-3;1-11-8-3-6(5-10)2-7(9)4-8;2*1-3(2)4;1-2(3)4;2*1-2-3;1-2;;;;;;;;/h4*6-8H,5H2,1-4H3;4-7H,1-3H3;2-5H,1H3;2*1-2H3;1H3,(H,3,4);2*2H,3H2,1H3;2H2,1H3;6*1H4;2*1H3. The van der Waals surface area contributed by atoms with Gasteiger partial charge in [0.25, 0.3) is 5.97 Å². The van der Waals surface area contributed by atoms with E-state index in [1.54, 1.807) is 73.0 Å². The zero-order valence-electron chi connectivity index (χ0n) is 74.1. The van der Waals surface area contributed by atoms with E-state index in [-0.39, 0.29) is 68.4 Å².